The summed E-state index contributed by atoms with van der Waals surface area (Å²) in [6.07, 6.45) is 6.69. The first-order valence-electron chi connectivity index (χ1n) is 7.24. The number of hydrogen-bond acceptors (Lipinski definition) is 5. The zero-order chi connectivity index (χ0) is 15.5. The van der Waals surface area contributed by atoms with Gasteiger partial charge >= 0.3 is 0 Å². The smallest absolute Gasteiger partial charge is 0.246 e. The lowest BCUT2D eigenvalue weighted by atomic mass is 10.1. The van der Waals surface area contributed by atoms with E-state index in [0.717, 1.165) is 30.9 Å². The van der Waals surface area contributed by atoms with Crippen LogP contribution in [0.15, 0.2) is 36.8 Å². The van der Waals surface area contributed by atoms with Crippen LogP contribution >= 0.6 is 0 Å². The number of hydrogen-bond donors (Lipinski definition) is 3. The van der Waals surface area contributed by atoms with Crippen molar-refractivity contribution in [2.45, 2.75) is 18.9 Å². The van der Waals surface area contributed by atoms with Gasteiger partial charge in [0.05, 0.1) is 5.69 Å². The second-order valence-electron chi connectivity index (χ2n) is 5.32. The Hall–Kier alpha value is -2.72. The summed E-state index contributed by atoms with van der Waals surface area (Å²) in [7, 11) is 0. The Bertz CT molecular complexity index is 655. The predicted octanol–water partition coefficient (Wildman–Crippen LogP) is 1.29. The van der Waals surface area contributed by atoms with Crippen LogP contribution in [0.2, 0.25) is 0 Å². The number of nitrogens with one attached hydrogen (secondary N) is 3. The topological polar surface area (TPSA) is 87.2 Å². The van der Waals surface area contributed by atoms with Crippen molar-refractivity contribution in [3.8, 4) is 6.07 Å². The van der Waals surface area contributed by atoms with Crippen LogP contribution in [-0.2, 0) is 4.79 Å². The van der Waals surface area contributed by atoms with E-state index in [1.165, 1.54) is 6.08 Å². The van der Waals surface area contributed by atoms with E-state index >= 15 is 0 Å². The third-order valence-corrected chi connectivity index (χ3v) is 3.89. The van der Waals surface area contributed by atoms with Crippen molar-refractivity contribution in [1.29, 1.82) is 5.26 Å². The number of hydrazine groups is 1. The fraction of sp³-hybridized carbons (Fsp3) is 0.333. The minimum atomic E-state index is -0.0524. The SMILES string of the molecule is C=CC(=O)N1CCC[C@@H](NN2C(C#N)=CNc3cc[nH]c32)C1. The average Bonchev–Trinajstić information content (AvgIpc) is 3.03. The number of nitrogens with zero attached hydrogens (tertiary/aromatic N) is 3. The molecule has 7 nitrogen and oxygen atoms in total. The van der Waals surface area contributed by atoms with Gasteiger partial charge in [0, 0.05) is 31.5 Å². The predicted molar refractivity (Wildman–Crippen MR) is 83.5 cm³/mol. The Kier molecular flexibility index (Phi) is 3.85. The first kappa shape index (κ1) is 14.2. The van der Waals surface area contributed by atoms with Gasteiger partial charge < -0.3 is 15.2 Å². The number of rotatable bonds is 3. The van der Waals surface area contributed by atoms with Gasteiger partial charge in [-0.2, -0.15) is 5.26 Å². The van der Waals surface area contributed by atoms with Gasteiger partial charge in [0.2, 0.25) is 5.91 Å². The minimum absolute atomic E-state index is 0.0524. The minimum Gasteiger partial charge on any atom is -0.356 e. The van der Waals surface area contributed by atoms with E-state index in [0.29, 0.717) is 12.2 Å². The summed E-state index contributed by atoms with van der Waals surface area (Å²) < 4.78 is 0. The molecule has 0 aliphatic carbocycles. The molecule has 0 unspecified atom stereocenters. The van der Waals surface area contributed by atoms with Crippen molar-refractivity contribution in [3.05, 3.63) is 36.8 Å². The summed E-state index contributed by atoms with van der Waals surface area (Å²) in [5.74, 6) is 0.745. The first-order valence-corrected chi connectivity index (χ1v) is 7.24. The standard InChI is InChI=1S/C15H18N6O/c1-2-14(22)20-7-3-4-11(10-20)19-21-12(8-16)9-18-13-5-6-17-15(13)21/h2,5-6,9,11,17-19H,1,3-4,7,10H2/t11-/m1/s1. The summed E-state index contributed by atoms with van der Waals surface area (Å²) in [5.41, 5.74) is 4.73. The molecule has 1 aromatic rings. The van der Waals surface area contributed by atoms with Crippen LogP contribution in [0.1, 0.15) is 12.8 Å². The first-order chi connectivity index (χ1) is 10.7. The van der Waals surface area contributed by atoms with E-state index in [2.05, 4.69) is 28.4 Å². The van der Waals surface area contributed by atoms with Gasteiger partial charge in [-0.1, -0.05) is 6.58 Å². The van der Waals surface area contributed by atoms with E-state index in [-0.39, 0.29) is 11.9 Å². The number of fused-ring (bicyclic) bond motifs is 1. The Morgan fingerprint density at radius 3 is 3.23 bits per heavy atom. The molecule has 3 N–H and O–H groups in total. The number of amides is 1. The number of carbonyl (C=O) groups excluding carboxylic acids is 1. The summed E-state index contributed by atoms with van der Waals surface area (Å²) >= 11 is 0. The van der Waals surface area contributed by atoms with E-state index in [4.69, 9.17) is 0 Å². The number of anilines is 2. The Morgan fingerprint density at radius 1 is 1.59 bits per heavy atom. The fourth-order valence-electron chi connectivity index (χ4n) is 2.80. The summed E-state index contributed by atoms with van der Waals surface area (Å²) in [6, 6.07) is 4.16. The summed E-state index contributed by atoms with van der Waals surface area (Å²) in [6.45, 7) is 4.89. The van der Waals surface area contributed by atoms with Crippen LogP contribution in [0.3, 0.4) is 0 Å². The van der Waals surface area contributed by atoms with Gasteiger partial charge in [-0.05, 0) is 25.0 Å². The molecule has 1 amide bonds. The monoisotopic (exact) mass is 298 g/mol. The second kappa shape index (κ2) is 5.95. The molecular weight excluding hydrogens is 280 g/mol. The van der Waals surface area contributed by atoms with E-state index in [1.54, 1.807) is 16.1 Å². The maximum absolute atomic E-state index is 11.8. The van der Waals surface area contributed by atoms with Crippen molar-refractivity contribution in [1.82, 2.24) is 15.3 Å². The number of H-pyrrole nitrogens is 1. The van der Waals surface area contributed by atoms with Gasteiger partial charge in [-0.15, -0.1) is 0 Å². The maximum Gasteiger partial charge on any atom is 0.246 e. The molecule has 1 atom stereocenters. The summed E-state index contributed by atoms with van der Waals surface area (Å²) in [5, 5.41) is 14.1. The van der Waals surface area contributed by atoms with Crippen LogP contribution in [0, 0.1) is 11.3 Å². The maximum atomic E-state index is 11.8. The molecule has 3 rings (SSSR count). The fourth-order valence-corrected chi connectivity index (χ4v) is 2.80. The van der Waals surface area contributed by atoms with Gasteiger partial charge in [-0.25, -0.2) is 10.4 Å². The van der Waals surface area contributed by atoms with Crippen molar-refractivity contribution in [3.63, 3.8) is 0 Å². The molecule has 1 aromatic heterocycles. The average molecular weight is 298 g/mol. The third kappa shape index (κ3) is 2.56. The number of piperidine rings is 1. The van der Waals surface area contributed by atoms with Crippen molar-refractivity contribution in [2.24, 2.45) is 0 Å². The van der Waals surface area contributed by atoms with E-state index < -0.39 is 0 Å². The Morgan fingerprint density at radius 2 is 2.45 bits per heavy atom. The van der Waals surface area contributed by atoms with Crippen LogP contribution in [0.25, 0.3) is 0 Å². The van der Waals surface area contributed by atoms with Crippen molar-refractivity contribution in [2.75, 3.05) is 23.4 Å². The molecule has 7 heteroatoms. The molecule has 2 aliphatic heterocycles. The number of aromatic amines is 1. The highest BCUT2D eigenvalue weighted by atomic mass is 16.2. The lowest BCUT2D eigenvalue weighted by Gasteiger charge is -2.37. The van der Waals surface area contributed by atoms with E-state index in [1.807, 2.05) is 12.3 Å². The molecule has 0 aromatic carbocycles. The number of allylic oxidation sites excluding steroid dienone is 1. The van der Waals surface area contributed by atoms with Crippen LogP contribution in [0.5, 0.6) is 0 Å². The highest BCUT2D eigenvalue weighted by Gasteiger charge is 2.27. The molecule has 0 radical (unpaired) electrons. The third-order valence-electron chi connectivity index (χ3n) is 3.89. The largest absolute Gasteiger partial charge is 0.356 e. The lowest BCUT2D eigenvalue weighted by molar-refractivity contribution is -0.127. The normalized spacial score (nSPS) is 20.5. The number of likely N-dealkylation sites (tertiary alicyclic amines) is 1. The number of nitriles is 1. The molecule has 114 valence electrons. The van der Waals surface area contributed by atoms with Crippen LogP contribution in [0.4, 0.5) is 11.5 Å². The molecule has 0 saturated carbocycles. The summed E-state index contributed by atoms with van der Waals surface area (Å²) in [4.78, 5) is 16.7. The lowest BCUT2D eigenvalue weighted by Crippen LogP contribution is -2.53. The number of carbonyl (C=O) groups is 1. The number of aromatic nitrogens is 1. The van der Waals surface area contributed by atoms with Crippen molar-refractivity contribution < 1.29 is 4.79 Å². The molecular formula is C15H18N6O. The van der Waals surface area contributed by atoms with Crippen molar-refractivity contribution >= 4 is 17.4 Å². The van der Waals surface area contributed by atoms with Gasteiger partial charge in [-0.3, -0.25) is 4.79 Å². The van der Waals surface area contributed by atoms with E-state index in [9.17, 15) is 10.1 Å². The quantitative estimate of drug-likeness (QED) is 0.732. The van der Waals surface area contributed by atoms with Gasteiger partial charge in [0.1, 0.15) is 11.9 Å². The molecule has 0 bridgehead atoms. The highest BCUT2D eigenvalue weighted by Crippen LogP contribution is 2.29. The van der Waals surface area contributed by atoms with Gasteiger partial charge in [0.15, 0.2) is 5.70 Å². The molecule has 0 spiro atoms. The molecule has 22 heavy (non-hydrogen) atoms. The highest BCUT2D eigenvalue weighted by molar-refractivity contribution is 5.87. The van der Waals surface area contributed by atoms with Gasteiger partial charge in [0.25, 0.3) is 0 Å². The zero-order valence-corrected chi connectivity index (χ0v) is 12.2. The molecule has 2 aliphatic rings. The zero-order valence-electron chi connectivity index (χ0n) is 12.2. The Balaban J connectivity index is 1.75. The Labute approximate surface area is 128 Å². The molecule has 1 saturated heterocycles. The van der Waals surface area contributed by atoms with Crippen LogP contribution < -0.4 is 15.8 Å². The van der Waals surface area contributed by atoms with Crippen LogP contribution in [-0.4, -0.2) is 34.9 Å². The second-order valence-corrected chi connectivity index (χ2v) is 5.32. The molecule has 3 heterocycles. The molecule has 1 fully saturated rings.